The fraction of sp³-hybridized carbons (Fsp3) is 0.714. The zero-order valence-electron chi connectivity index (χ0n) is 12.3. The molecule has 1 amide bonds. The van der Waals surface area contributed by atoms with Gasteiger partial charge in [-0.05, 0) is 32.1 Å². The monoisotopic (exact) mass is 264 g/mol. The molecule has 1 saturated heterocycles. The SMILES string of the molecule is Cc1nn(CC(=O)N2CCC(C)C(C)C2)c(C)c1N. The van der Waals surface area contributed by atoms with Crippen LogP contribution in [0.1, 0.15) is 31.7 Å². The van der Waals surface area contributed by atoms with E-state index in [2.05, 4.69) is 18.9 Å². The van der Waals surface area contributed by atoms with Crippen molar-refractivity contribution in [2.75, 3.05) is 18.8 Å². The molecular formula is C14H24N4O. The fourth-order valence-electron chi connectivity index (χ4n) is 2.58. The van der Waals surface area contributed by atoms with Gasteiger partial charge in [0, 0.05) is 13.1 Å². The van der Waals surface area contributed by atoms with Crippen molar-refractivity contribution in [2.24, 2.45) is 11.8 Å². The average Bonchev–Trinajstić information content (AvgIpc) is 2.60. The molecule has 2 atom stereocenters. The molecule has 106 valence electrons. The van der Waals surface area contributed by atoms with Crippen molar-refractivity contribution < 1.29 is 4.79 Å². The van der Waals surface area contributed by atoms with Gasteiger partial charge in [-0.1, -0.05) is 13.8 Å². The van der Waals surface area contributed by atoms with Crippen LogP contribution in [0.3, 0.4) is 0 Å². The Morgan fingerprint density at radius 1 is 1.37 bits per heavy atom. The normalized spacial score (nSPS) is 23.7. The van der Waals surface area contributed by atoms with Gasteiger partial charge in [-0.3, -0.25) is 9.48 Å². The molecule has 19 heavy (non-hydrogen) atoms. The molecule has 5 heteroatoms. The molecule has 2 N–H and O–H groups in total. The number of carbonyl (C=O) groups excluding carboxylic acids is 1. The van der Waals surface area contributed by atoms with Gasteiger partial charge in [-0.15, -0.1) is 0 Å². The summed E-state index contributed by atoms with van der Waals surface area (Å²) in [4.78, 5) is 14.3. The van der Waals surface area contributed by atoms with E-state index in [-0.39, 0.29) is 5.91 Å². The molecule has 1 aromatic heterocycles. The van der Waals surface area contributed by atoms with Crippen LogP contribution in [0.4, 0.5) is 5.69 Å². The summed E-state index contributed by atoms with van der Waals surface area (Å²) in [6.07, 6.45) is 1.09. The Kier molecular flexibility index (Phi) is 3.83. The Labute approximate surface area is 114 Å². The molecule has 2 heterocycles. The van der Waals surface area contributed by atoms with Crippen molar-refractivity contribution in [2.45, 2.75) is 40.7 Å². The summed E-state index contributed by atoms with van der Waals surface area (Å²) in [5.41, 5.74) is 8.25. The second-order valence-corrected chi connectivity index (χ2v) is 5.83. The number of nitrogens with zero attached hydrogens (tertiary/aromatic N) is 3. The first-order valence-corrected chi connectivity index (χ1v) is 6.97. The van der Waals surface area contributed by atoms with Crippen molar-refractivity contribution in [1.29, 1.82) is 0 Å². The van der Waals surface area contributed by atoms with Gasteiger partial charge in [-0.2, -0.15) is 5.10 Å². The second-order valence-electron chi connectivity index (χ2n) is 5.83. The van der Waals surface area contributed by atoms with E-state index in [1.807, 2.05) is 18.7 Å². The zero-order chi connectivity index (χ0) is 14.2. The van der Waals surface area contributed by atoms with Crippen molar-refractivity contribution in [3.05, 3.63) is 11.4 Å². The number of hydrogen-bond donors (Lipinski definition) is 1. The molecule has 1 fully saturated rings. The number of piperidine rings is 1. The Morgan fingerprint density at radius 2 is 2.05 bits per heavy atom. The highest BCUT2D eigenvalue weighted by atomic mass is 16.2. The molecule has 0 saturated carbocycles. The van der Waals surface area contributed by atoms with E-state index < -0.39 is 0 Å². The largest absolute Gasteiger partial charge is 0.396 e. The maximum atomic E-state index is 12.3. The molecule has 2 rings (SSSR count). The zero-order valence-corrected chi connectivity index (χ0v) is 12.3. The molecule has 0 bridgehead atoms. The molecule has 5 nitrogen and oxygen atoms in total. The third-order valence-corrected chi connectivity index (χ3v) is 4.41. The Bertz CT molecular complexity index is 480. The van der Waals surface area contributed by atoms with Gasteiger partial charge in [0.1, 0.15) is 6.54 Å². The number of rotatable bonds is 2. The third kappa shape index (κ3) is 2.74. The van der Waals surface area contributed by atoms with Gasteiger partial charge >= 0.3 is 0 Å². The number of anilines is 1. The number of nitrogens with two attached hydrogens (primary N) is 1. The molecule has 1 aliphatic heterocycles. The van der Waals surface area contributed by atoms with Crippen LogP contribution >= 0.6 is 0 Å². The first kappa shape index (κ1) is 13.9. The highest BCUT2D eigenvalue weighted by Crippen LogP contribution is 2.23. The van der Waals surface area contributed by atoms with Crippen LogP contribution < -0.4 is 5.73 Å². The molecule has 0 aromatic carbocycles. The standard InChI is InChI=1S/C14H24N4O/c1-9-5-6-17(7-10(9)2)13(19)8-18-12(4)14(15)11(3)16-18/h9-10H,5-8,15H2,1-4H3. The lowest BCUT2D eigenvalue weighted by atomic mass is 9.89. The van der Waals surface area contributed by atoms with Crippen molar-refractivity contribution in [1.82, 2.24) is 14.7 Å². The van der Waals surface area contributed by atoms with E-state index in [1.54, 1.807) is 4.68 Å². The number of aryl methyl sites for hydroxylation is 1. The van der Waals surface area contributed by atoms with E-state index in [0.717, 1.165) is 30.9 Å². The van der Waals surface area contributed by atoms with Crippen molar-refractivity contribution in [3.8, 4) is 0 Å². The number of hydrogen-bond acceptors (Lipinski definition) is 3. The summed E-state index contributed by atoms with van der Waals surface area (Å²) >= 11 is 0. The molecule has 0 radical (unpaired) electrons. The number of aromatic nitrogens is 2. The molecule has 0 spiro atoms. The second kappa shape index (κ2) is 5.23. The summed E-state index contributed by atoms with van der Waals surface area (Å²) in [5, 5.41) is 4.32. The van der Waals surface area contributed by atoms with Crippen LogP contribution in [-0.4, -0.2) is 33.7 Å². The quantitative estimate of drug-likeness (QED) is 0.882. The fourth-order valence-corrected chi connectivity index (χ4v) is 2.58. The van der Waals surface area contributed by atoms with E-state index in [0.29, 0.717) is 24.1 Å². The van der Waals surface area contributed by atoms with Crippen LogP contribution in [-0.2, 0) is 11.3 Å². The summed E-state index contributed by atoms with van der Waals surface area (Å²) in [6.45, 7) is 10.3. The van der Waals surface area contributed by atoms with E-state index in [4.69, 9.17) is 5.73 Å². The highest BCUT2D eigenvalue weighted by Gasteiger charge is 2.26. The van der Waals surface area contributed by atoms with Gasteiger partial charge in [0.15, 0.2) is 0 Å². The maximum absolute atomic E-state index is 12.3. The van der Waals surface area contributed by atoms with Crippen LogP contribution in [0, 0.1) is 25.7 Å². The summed E-state index contributed by atoms with van der Waals surface area (Å²) in [5.74, 6) is 1.42. The predicted octanol–water partition coefficient (Wildman–Crippen LogP) is 1.59. The topological polar surface area (TPSA) is 64.2 Å². The van der Waals surface area contributed by atoms with Crippen LogP contribution in [0.25, 0.3) is 0 Å². The van der Waals surface area contributed by atoms with E-state index in [9.17, 15) is 4.79 Å². The van der Waals surface area contributed by atoms with Crippen LogP contribution in [0.2, 0.25) is 0 Å². The lowest BCUT2D eigenvalue weighted by molar-refractivity contribution is -0.134. The number of nitrogen functional groups attached to an aromatic ring is 1. The maximum Gasteiger partial charge on any atom is 0.244 e. The van der Waals surface area contributed by atoms with E-state index >= 15 is 0 Å². The minimum absolute atomic E-state index is 0.143. The number of carbonyl (C=O) groups is 1. The van der Waals surface area contributed by atoms with Gasteiger partial charge < -0.3 is 10.6 Å². The summed E-state index contributed by atoms with van der Waals surface area (Å²) in [7, 11) is 0. The Morgan fingerprint density at radius 3 is 2.58 bits per heavy atom. The number of likely N-dealkylation sites (tertiary alicyclic amines) is 1. The first-order valence-electron chi connectivity index (χ1n) is 6.97. The summed E-state index contributed by atoms with van der Waals surface area (Å²) < 4.78 is 1.72. The van der Waals surface area contributed by atoms with Gasteiger partial charge in [0.25, 0.3) is 0 Å². The van der Waals surface area contributed by atoms with Gasteiger partial charge in [0.05, 0.1) is 17.1 Å². The molecule has 0 aliphatic carbocycles. The van der Waals surface area contributed by atoms with E-state index in [1.165, 1.54) is 0 Å². The Balaban J connectivity index is 2.03. The molecule has 1 aromatic rings. The Hall–Kier alpha value is -1.52. The lowest BCUT2D eigenvalue weighted by Crippen LogP contribution is -2.43. The summed E-state index contributed by atoms with van der Waals surface area (Å²) in [6, 6.07) is 0. The molecular weight excluding hydrogens is 240 g/mol. The molecule has 2 unspecified atom stereocenters. The first-order chi connectivity index (χ1) is 8.90. The van der Waals surface area contributed by atoms with Crippen molar-refractivity contribution >= 4 is 11.6 Å². The lowest BCUT2D eigenvalue weighted by Gasteiger charge is -2.35. The minimum atomic E-state index is 0.143. The highest BCUT2D eigenvalue weighted by molar-refractivity contribution is 5.76. The average molecular weight is 264 g/mol. The van der Waals surface area contributed by atoms with Gasteiger partial charge in [0.2, 0.25) is 5.91 Å². The molecule has 1 aliphatic rings. The third-order valence-electron chi connectivity index (χ3n) is 4.41. The number of amides is 1. The predicted molar refractivity (Wildman–Crippen MR) is 75.6 cm³/mol. The van der Waals surface area contributed by atoms with Crippen LogP contribution in [0.5, 0.6) is 0 Å². The van der Waals surface area contributed by atoms with Crippen LogP contribution in [0.15, 0.2) is 0 Å². The van der Waals surface area contributed by atoms with Gasteiger partial charge in [-0.25, -0.2) is 0 Å². The van der Waals surface area contributed by atoms with Crippen molar-refractivity contribution in [3.63, 3.8) is 0 Å². The smallest absolute Gasteiger partial charge is 0.244 e. The minimum Gasteiger partial charge on any atom is -0.396 e.